The minimum absolute atomic E-state index is 0.250. The highest BCUT2D eigenvalue weighted by Gasteiger charge is 2.10. The molecule has 0 radical (unpaired) electrons. The Labute approximate surface area is 146 Å². The van der Waals surface area contributed by atoms with Crippen molar-refractivity contribution in [3.05, 3.63) is 57.4 Å². The predicted octanol–water partition coefficient (Wildman–Crippen LogP) is -0.323. The van der Waals surface area contributed by atoms with Gasteiger partial charge in [0.05, 0.1) is 0 Å². The Hall–Kier alpha value is -3.69. The first kappa shape index (κ1) is 18.6. The topological polar surface area (TPSA) is 139 Å². The summed E-state index contributed by atoms with van der Waals surface area (Å²) in [5, 5.41) is 5.08. The number of anilines is 2. The van der Waals surface area contributed by atoms with E-state index in [9.17, 15) is 24.0 Å². The standard InChI is InChI=1S/C16H16N4O6/c1-10(21)17-11-3-2-4-12(7-11)18-14(23)9-26-15(24)8-20-6-5-13(22)19-16(20)25/h2-7H,8-9H2,1H3,(H,17,21)(H,18,23)(H,19,22,25). The van der Waals surface area contributed by atoms with Gasteiger partial charge in [0.25, 0.3) is 11.5 Å². The molecule has 136 valence electrons. The third-order valence-electron chi connectivity index (χ3n) is 3.03. The van der Waals surface area contributed by atoms with E-state index >= 15 is 0 Å². The zero-order valence-corrected chi connectivity index (χ0v) is 13.8. The van der Waals surface area contributed by atoms with Crippen LogP contribution in [-0.2, 0) is 25.7 Å². The number of esters is 1. The van der Waals surface area contributed by atoms with Gasteiger partial charge in [-0.3, -0.25) is 28.7 Å². The number of carbonyl (C=O) groups is 3. The molecule has 2 aromatic rings. The van der Waals surface area contributed by atoms with Crippen LogP contribution in [0.4, 0.5) is 11.4 Å². The number of rotatable bonds is 6. The van der Waals surface area contributed by atoms with Crippen LogP contribution in [0.5, 0.6) is 0 Å². The number of amides is 2. The average molecular weight is 360 g/mol. The van der Waals surface area contributed by atoms with Crippen molar-refractivity contribution in [2.75, 3.05) is 17.2 Å². The largest absolute Gasteiger partial charge is 0.454 e. The lowest BCUT2D eigenvalue weighted by molar-refractivity contribution is -0.148. The summed E-state index contributed by atoms with van der Waals surface area (Å²) in [5.41, 5.74) is -0.423. The number of ether oxygens (including phenoxy) is 1. The second kappa shape index (κ2) is 8.42. The van der Waals surface area contributed by atoms with Crippen molar-refractivity contribution in [2.24, 2.45) is 0 Å². The lowest BCUT2D eigenvalue weighted by Crippen LogP contribution is -2.32. The van der Waals surface area contributed by atoms with E-state index in [-0.39, 0.29) is 5.91 Å². The van der Waals surface area contributed by atoms with Gasteiger partial charge >= 0.3 is 11.7 Å². The fraction of sp³-hybridized carbons (Fsp3) is 0.188. The van der Waals surface area contributed by atoms with E-state index in [2.05, 4.69) is 10.6 Å². The molecule has 2 rings (SSSR count). The Kier molecular flexibility index (Phi) is 6.04. The van der Waals surface area contributed by atoms with Crippen LogP contribution in [0.25, 0.3) is 0 Å². The van der Waals surface area contributed by atoms with Gasteiger partial charge in [0, 0.05) is 30.6 Å². The smallest absolute Gasteiger partial charge is 0.328 e. The normalized spacial score (nSPS) is 10.0. The highest BCUT2D eigenvalue weighted by atomic mass is 16.5. The van der Waals surface area contributed by atoms with Crippen LogP contribution in [0.3, 0.4) is 0 Å². The molecule has 0 fully saturated rings. The van der Waals surface area contributed by atoms with Gasteiger partial charge < -0.3 is 15.4 Å². The summed E-state index contributed by atoms with van der Waals surface area (Å²) >= 11 is 0. The van der Waals surface area contributed by atoms with Crippen molar-refractivity contribution < 1.29 is 19.1 Å². The summed E-state index contributed by atoms with van der Waals surface area (Å²) in [6.45, 7) is 0.362. The molecule has 26 heavy (non-hydrogen) atoms. The molecule has 10 heteroatoms. The van der Waals surface area contributed by atoms with Crippen molar-refractivity contribution in [1.29, 1.82) is 0 Å². The molecule has 0 aliphatic heterocycles. The molecule has 10 nitrogen and oxygen atoms in total. The van der Waals surface area contributed by atoms with Crippen LogP contribution in [0.1, 0.15) is 6.92 Å². The summed E-state index contributed by atoms with van der Waals surface area (Å²) in [6.07, 6.45) is 1.15. The summed E-state index contributed by atoms with van der Waals surface area (Å²) in [6, 6.07) is 7.52. The highest BCUT2D eigenvalue weighted by Crippen LogP contribution is 2.14. The number of aromatic amines is 1. The Morgan fingerprint density at radius 1 is 1.12 bits per heavy atom. The number of hydrogen-bond donors (Lipinski definition) is 3. The molecule has 0 aliphatic rings. The lowest BCUT2D eigenvalue weighted by atomic mass is 10.2. The van der Waals surface area contributed by atoms with Crippen molar-refractivity contribution in [1.82, 2.24) is 9.55 Å². The number of hydrogen-bond acceptors (Lipinski definition) is 6. The fourth-order valence-electron chi connectivity index (χ4n) is 1.97. The molecule has 0 aliphatic carbocycles. The Morgan fingerprint density at radius 3 is 2.46 bits per heavy atom. The van der Waals surface area contributed by atoms with E-state index < -0.39 is 36.3 Å². The molecular formula is C16H16N4O6. The van der Waals surface area contributed by atoms with Crippen LogP contribution in [0.15, 0.2) is 46.1 Å². The Balaban J connectivity index is 1.86. The second-order valence-electron chi connectivity index (χ2n) is 5.21. The lowest BCUT2D eigenvalue weighted by Gasteiger charge is -2.09. The van der Waals surface area contributed by atoms with E-state index in [1.165, 1.54) is 6.92 Å². The van der Waals surface area contributed by atoms with Gasteiger partial charge in [-0.25, -0.2) is 4.79 Å². The molecule has 1 heterocycles. The minimum atomic E-state index is -0.818. The SMILES string of the molecule is CC(=O)Nc1cccc(NC(=O)COC(=O)Cn2ccc(=O)[nH]c2=O)c1. The van der Waals surface area contributed by atoms with Crippen molar-refractivity contribution in [3.8, 4) is 0 Å². The van der Waals surface area contributed by atoms with Gasteiger partial charge in [-0.2, -0.15) is 0 Å². The monoisotopic (exact) mass is 360 g/mol. The Morgan fingerprint density at radius 2 is 1.81 bits per heavy atom. The molecule has 0 atom stereocenters. The Bertz CT molecular complexity index is 946. The van der Waals surface area contributed by atoms with Gasteiger partial charge in [-0.05, 0) is 18.2 Å². The van der Waals surface area contributed by atoms with Crippen molar-refractivity contribution >= 4 is 29.2 Å². The first-order chi connectivity index (χ1) is 12.3. The van der Waals surface area contributed by atoms with Crippen LogP contribution in [-0.4, -0.2) is 33.9 Å². The number of nitrogens with zero attached hydrogens (tertiary/aromatic N) is 1. The van der Waals surface area contributed by atoms with Crippen LogP contribution in [0, 0.1) is 0 Å². The van der Waals surface area contributed by atoms with Gasteiger partial charge in [0.1, 0.15) is 6.54 Å². The molecule has 3 N–H and O–H groups in total. The number of H-pyrrole nitrogens is 1. The molecule has 0 bridgehead atoms. The van der Waals surface area contributed by atoms with Crippen LogP contribution in [0.2, 0.25) is 0 Å². The van der Waals surface area contributed by atoms with Crippen molar-refractivity contribution in [3.63, 3.8) is 0 Å². The van der Waals surface area contributed by atoms with Gasteiger partial charge in [-0.15, -0.1) is 0 Å². The van der Waals surface area contributed by atoms with Gasteiger partial charge in [0.2, 0.25) is 5.91 Å². The zero-order valence-electron chi connectivity index (χ0n) is 13.8. The summed E-state index contributed by atoms with van der Waals surface area (Å²) in [4.78, 5) is 58.9. The molecule has 0 spiro atoms. The number of benzene rings is 1. The maximum atomic E-state index is 11.8. The molecule has 1 aromatic carbocycles. The first-order valence-corrected chi connectivity index (χ1v) is 7.46. The molecule has 0 saturated heterocycles. The number of carbonyl (C=O) groups excluding carboxylic acids is 3. The van der Waals surface area contributed by atoms with E-state index in [0.29, 0.717) is 11.4 Å². The maximum absolute atomic E-state index is 11.8. The zero-order chi connectivity index (χ0) is 19.1. The molecular weight excluding hydrogens is 344 g/mol. The van der Waals surface area contributed by atoms with E-state index in [1.807, 2.05) is 4.98 Å². The van der Waals surface area contributed by atoms with E-state index in [1.54, 1.807) is 24.3 Å². The maximum Gasteiger partial charge on any atom is 0.328 e. The average Bonchev–Trinajstić information content (AvgIpc) is 2.55. The molecule has 0 unspecified atom stereocenters. The minimum Gasteiger partial charge on any atom is -0.454 e. The molecule has 1 aromatic heterocycles. The number of aromatic nitrogens is 2. The van der Waals surface area contributed by atoms with Gasteiger partial charge in [0.15, 0.2) is 6.61 Å². The summed E-state index contributed by atoms with van der Waals surface area (Å²) < 4.78 is 5.73. The van der Waals surface area contributed by atoms with Crippen molar-refractivity contribution in [2.45, 2.75) is 13.5 Å². The quantitative estimate of drug-likeness (QED) is 0.603. The highest BCUT2D eigenvalue weighted by molar-refractivity contribution is 5.94. The fourth-order valence-corrected chi connectivity index (χ4v) is 1.97. The van der Waals surface area contributed by atoms with Crippen LogP contribution >= 0.6 is 0 Å². The summed E-state index contributed by atoms with van der Waals surface area (Å²) in [5.74, 6) is -1.66. The number of nitrogens with one attached hydrogen (secondary N) is 3. The van der Waals surface area contributed by atoms with E-state index in [4.69, 9.17) is 4.74 Å². The molecule has 0 saturated carbocycles. The van der Waals surface area contributed by atoms with Crippen LogP contribution < -0.4 is 21.9 Å². The third-order valence-corrected chi connectivity index (χ3v) is 3.03. The summed E-state index contributed by atoms with van der Waals surface area (Å²) in [7, 11) is 0. The predicted molar refractivity (Wildman–Crippen MR) is 91.7 cm³/mol. The van der Waals surface area contributed by atoms with E-state index in [0.717, 1.165) is 16.8 Å². The molecule has 2 amide bonds. The third kappa shape index (κ3) is 5.74. The second-order valence-corrected chi connectivity index (χ2v) is 5.21. The van der Waals surface area contributed by atoms with Gasteiger partial charge in [-0.1, -0.05) is 6.07 Å². The first-order valence-electron chi connectivity index (χ1n) is 7.46.